The summed E-state index contributed by atoms with van der Waals surface area (Å²) in [6, 6.07) is 2.30. The highest BCUT2D eigenvalue weighted by molar-refractivity contribution is 5.95. The number of benzene rings is 1. The molecule has 1 aliphatic rings. The van der Waals surface area contributed by atoms with E-state index in [4.69, 9.17) is 5.11 Å². The standard InChI is InChI=1S/C10H8FNO3/c11-7-4-6(10(14)15)3-5-1-2-8(13)12-9(5)7/h3-4H,1-2H2,(H,12,13)(H,14,15). The minimum atomic E-state index is -1.17. The molecule has 0 radical (unpaired) electrons. The first-order valence-electron chi connectivity index (χ1n) is 4.43. The second-order valence-corrected chi connectivity index (χ2v) is 3.35. The predicted octanol–water partition coefficient (Wildman–Crippen LogP) is 1.41. The number of hydrogen-bond acceptors (Lipinski definition) is 2. The zero-order valence-electron chi connectivity index (χ0n) is 7.71. The zero-order chi connectivity index (χ0) is 11.0. The summed E-state index contributed by atoms with van der Waals surface area (Å²) >= 11 is 0. The molecular formula is C10H8FNO3. The summed E-state index contributed by atoms with van der Waals surface area (Å²) in [5.41, 5.74) is 0.547. The predicted molar refractivity (Wildman–Crippen MR) is 50.3 cm³/mol. The normalized spacial score (nSPS) is 14.3. The number of amides is 1. The first-order valence-corrected chi connectivity index (χ1v) is 4.43. The van der Waals surface area contributed by atoms with Gasteiger partial charge < -0.3 is 10.4 Å². The third-order valence-corrected chi connectivity index (χ3v) is 2.30. The van der Waals surface area contributed by atoms with Gasteiger partial charge in [-0.05, 0) is 24.1 Å². The molecule has 78 valence electrons. The van der Waals surface area contributed by atoms with Crippen LogP contribution in [0.5, 0.6) is 0 Å². The van der Waals surface area contributed by atoms with Crippen molar-refractivity contribution in [3.63, 3.8) is 0 Å². The number of hydrogen-bond donors (Lipinski definition) is 2. The number of nitrogens with one attached hydrogen (secondary N) is 1. The van der Waals surface area contributed by atoms with E-state index in [2.05, 4.69) is 5.32 Å². The highest BCUT2D eigenvalue weighted by Gasteiger charge is 2.20. The fourth-order valence-electron chi connectivity index (χ4n) is 1.57. The third-order valence-electron chi connectivity index (χ3n) is 2.30. The van der Waals surface area contributed by atoms with Gasteiger partial charge in [-0.15, -0.1) is 0 Å². The van der Waals surface area contributed by atoms with Gasteiger partial charge in [0.05, 0.1) is 11.3 Å². The van der Waals surface area contributed by atoms with Crippen molar-refractivity contribution in [3.05, 3.63) is 29.1 Å². The maximum Gasteiger partial charge on any atom is 0.335 e. The lowest BCUT2D eigenvalue weighted by Gasteiger charge is -2.17. The molecule has 1 heterocycles. The average Bonchev–Trinajstić information content (AvgIpc) is 2.18. The number of aromatic carboxylic acids is 1. The number of carboxylic acids is 1. The number of carboxylic acid groups (broad SMARTS) is 1. The number of carbonyl (C=O) groups excluding carboxylic acids is 1. The molecule has 0 saturated heterocycles. The van der Waals surface area contributed by atoms with E-state index in [1.54, 1.807) is 0 Å². The van der Waals surface area contributed by atoms with Crippen LogP contribution in [0.25, 0.3) is 0 Å². The lowest BCUT2D eigenvalue weighted by Crippen LogP contribution is -2.20. The van der Waals surface area contributed by atoms with Crippen LogP contribution in [-0.4, -0.2) is 17.0 Å². The fourth-order valence-corrected chi connectivity index (χ4v) is 1.57. The summed E-state index contributed by atoms with van der Waals surface area (Å²) in [4.78, 5) is 21.7. The van der Waals surface area contributed by atoms with E-state index in [1.807, 2.05) is 0 Å². The first kappa shape index (κ1) is 9.64. The Kier molecular flexibility index (Phi) is 2.15. The molecule has 0 unspecified atom stereocenters. The summed E-state index contributed by atoms with van der Waals surface area (Å²) in [5, 5.41) is 11.1. The zero-order valence-corrected chi connectivity index (χ0v) is 7.71. The molecule has 2 N–H and O–H groups in total. The van der Waals surface area contributed by atoms with Gasteiger partial charge in [-0.2, -0.15) is 0 Å². The van der Waals surface area contributed by atoms with E-state index in [-0.39, 0.29) is 23.6 Å². The van der Waals surface area contributed by atoms with Crippen LogP contribution in [0.2, 0.25) is 0 Å². The topological polar surface area (TPSA) is 66.4 Å². The van der Waals surface area contributed by atoms with Crippen LogP contribution in [0.15, 0.2) is 12.1 Å². The minimum absolute atomic E-state index is 0.0950. The molecule has 0 aromatic heterocycles. The van der Waals surface area contributed by atoms with Crippen molar-refractivity contribution >= 4 is 17.6 Å². The van der Waals surface area contributed by atoms with Crippen LogP contribution >= 0.6 is 0 Å². The minimum Gasteiger partial charge on any atom is -0.478 e. The quantitative estimate of drug-likeness (QED) is 0.734. The van der Waals surface area contributed by atoms with Gasteiger partial charge >= 0.3 is 5.97 Å². The summed E-state index contributed by atoms with van der Waals surface area (Å²) in [6.07, 6.45) is 0.634. The summed E-state index contributed by atoms with van der Waals surface area (Å²) in [5.74, 6) is -2.11. The number of fused-ring (bicyclic) bond motifs is 1. The number of aryl methyl sites for hydroxylation is 1. The monoisotopic (exact) mass is 209 g/mol. The Morgan fingerprint density at radius 3 is 2.80 bits per heavy atom. The van der Waals surface area contributed by atoms with Crippen LogP contribution in [0.4, 0.5) is 10.1 Å². The van der Waals surface area contributed by atoms with E-state index >= 15 is 0 Å². The van der Waals surface area contributed by atoms with Gasteiger partial charge in [-0.25, -0.2) is 9.18 Å². The maximum absolute atomic E-state index is 13.4. The molecule has 0 fully saturated rings. The SMILES string of the molecule is O=C1CCc2cc(C(=O)O)cc(F)c2N1. The Morgan fingerprint density at radius 1 is 1.40 bits per heavy atom. The fraction of sp³-hybridized carbons (Fsp3) is 0.200. The Labute approximate surface area is 84.7 Å². The van der Waals surface area contributed by atoms with Gasteiger partial charge in [0, 0.05) is 6.42 Å². The molecule has 5 heteroatoms. The van der Waals surface area contributed by atoms with Crippen molar-refractivity contribution in [2.24, 2.45) is 0 Å². The highest BCUT2D eigenvalue weighted by atomic mass is 19.1. The smallest absolute Gasteiger partial charge is 0.335 e. The molecular weight excluding hydrogens is 201 g/mol. The van der Waals surface area contributed by atoms with Crippen molar-refractivity contribution in [2.45, 2.75) is 12.8 Å². The van der Waals surface area contributed by atoms with Crippen LogP contribution in [0.1, 0.15) is 22.3 Å². The highest BCUT2D eigenvalue weighted by Crippen LogP contribution is 2.27. The van der Waals surface area contributed by atoms with Gasteiger partial charge in [0.1, 0.15) is 5.82 Å². The van der Waals surface area contributed by atoms with Crippen LogP contribution in [0, 0.1) is 5.82 Å². The molecule has 0 spiro atoms. The van der Waals surface area contributed by atoms with Crippen molar-refractivity contribution < 1.29 is 19.1 Å². The molecule has 0 aliphatic carbocycles. The van der Waals surface area contributed by atoms with Gasteiger partial charge in [0.15, 0.2) is 0 Å². The van der Waals surface area contributed by atoms with E-state index in [0.717, 1.165) is 6.07 Å². The molecule has 4 nitrogen and oxygen atoms in total. The Hall–Kier alpha value is -1.91. The van der Waals surface area contributed by atoms with Crippen LogP contribution < -0.4 is 5.32 Å². The van der Waals surface area contributed by atoms with E-state index < -0.39 is 11.8 Å². The Balaban J connectivity index is 2.52. The van der Waals surface area contributed by atoms with Crippen molar-refractivity contribution in [3.8, 4) is 0 Å². The van der Waals surface area contributed by atoms with Gasteiger partial charge in [0.25, 0.3) is 0 Å². The summed E-state index contributed by atoms with van der Waals surface area (Å²) < 4.78 is 13.4. The second kappa shape index (κ2) is 3.34. The molecule has 1 amide bonds. The summed E-state index contributed by atoms with van der Waals surface area (Å²) in [6.45, 7) is 0. The van der Waals surface area contributed by atoms with Crippen molar-refractivity contribution in [1.29, 1.82) is 0 Å². The van der Waals surface area contributed by atoms with Gasteiger partial charge in [-0.3, -0.25) is 4.79 Å². The maximum atomic E-state index is 13.4. The molecule has 1 aromatic rings. The van der Waals surface area contributed by atoms with E-state index in [1.165, 1.54) is 6.07 Å². The lowest BCUT2D eigenvalue weighted by molar-refractivity contribution is -0.116. The molecule has 1 aliphatic heterocycles. The average molecular weight is 209 g/mol. The Morgan fingerprint density at radius 2 is 2.13 bits per heavy atom. The van der Waals surface area contributed by atoms with Crippen molar-refractivity contribution in [2.75, 3.05) is 5.32 Å². The second-order valence-electron chi connectivity index (χ2n) is 3.35. The number of halogens is 1. The summed E-state index contributed by atoms with van der Waals surface area (Å²) in [7, 11) is 0. The van der Waals surface area contributed by atoms with Gasteiger partial charge in [0.2, 0.25) is 5.91 Å². The molecule has 1 aromatic carbocycles. The van der Waals surface area contributed by atoms with E-state index in [9.17, 15) is 14.0 Å². The van der Waals surface area contributed by atoms with Crippen LogP contribution in [0.3, 0.4) is 0 Å². The van der Waals surface area contributed by atoms with E-state index in [0.29, 0.717) is 12.0 Å². The molecule has 0 bridgehead atoms. The van der Waals surface area contributed by atoms with Crippen molar-refractivity contribution in [1.82, 2.24) is 0 Å². The van der Waals surface area contributed by atoms with Crippen LogP contribution in [-0.2, 0) is 11.2 Å². The molecule has 0 atom stereocenters. The first-order chi connectivity index (χ1) is 7.08. The number of anilines is 1. The molecule has 0 saturated carbocycles. The Bertz CT molecular complexity index is 456. The van der Waals surface area contributed by atoms with Gasteiger partial charge in [-0.1, -0.05) is 0 Å². The number of rotatable bonds is 1. The molecule has 2 rings (SSSR count). The number of carbonyl (C=O) groups is 2. The largest absolute Gasteiger partial charge is 0.478 e. The third kappa shape index (κ3) is 1.68. The lowest BCUT2D eigenvalue weighted by atomic mass is 10.00. The molecule has 15 heavy (non-hydrogen) atoms.